The van der Waals surface area contributed by atoms with E-state index in [-0.39, 0.29) is 39.2 Å². The number of halogens is 1. The number of nitrogens with two attached hydrogens (primary N) is 2. The third kappa shape index (κ3) is 3.82. The molecule has 1 spiro atoms. The van der Waals surface area contributed by atoms with Gasteiger partial charge >= 0.3 is 0 Å². The van der Waals surface area contributed by atoms with Gasteiger partial charge in [0.25, 0.3) is 5.56 Å². The number of piperidine rings is 1. The van der Waals surface area contributed by atoms with Crippen LogP contribution >= 0.6 is 22.9 Å². The number of thiazole rings is 1. The number of nitrogen functional groups attached to an aromatic ring is 1. The molecule has 34 heavy (non-hydrogen) atoms. The molecular formula is C24H25ClN6O2S. The average molecular weight is 497 g/mol. The summed E-state index contributed by atoms with van der Waals surface area (Å²) >= 11 is 7.52. The van der Waals surface area contributed by atoms with Gasteiger partial charge in [-0.05, 0) is 42.4 Å². The maximum absolute atomic E-state index is 13.0. The molecule has 1 saturated heterocycles. The lowest BCUT2D eigenvalue weighted by Gasteiger charge is -2.42. The number of phenolic OH excluding ortho intramolecular Hbond substituents is 1. The van der Waals surface area contributed by atoms with Gasteiger partial charge in [-0.1, -0.05) is 29.5 Å². The first kappa shape index (κ1) is 22.7. The SMILES string of the molecule is Cn1c(N2CCC3(CC2)Cc2scnc2[C@H]3N)nc(N)c(C#CCc2ccc(Cl)c(O)c2)c1=O. The molecule has 1 aromatic carbocycles. The van der Waals surface area contributed by atoms with Crippen LogP contribution in [0, 0.1) is 17.3 Å². The third-order valence-corrected chi connectivity index (χ3v) is 8.16. The minimum absolute atomic E-state index is 0.00355. The summed E-state index contributed by atoms with van der Waals surface area (Å²) in [6.07, 6.45) is 3.12. The third-order valence-electron chi connectivity index (χ3n) is 6.99. The van der Waals surface area contributed by atoms with Gasteiger partial charge in [0.1, 0.15) is 17.1 Å². The van der Waals surface area contributed by atoms with Gasteiger partial charge in [0, 0.05) is 31.4 Å². The predicted octanol–water partition coefficient (Wildman–Crippen LogP) is 2.61. The first-order valence-corrected chi connectivity index (χ1v) is 12.3. The largest absolute Gasteiger partial charge is 0.506 e. The first-order chi connectivity index (χ1) is 16.3. The summed E-state index contributed by atoms with van der Waals surface area (Å²) in [7, 11) is 1.69. The Labute approximate surface area is 206 Å². The second-order valence-corrected chi connectivity index (χ2v) is 10.3. The highest BCUT2D eigenvalue weighted by Gasteiger charge is 2.47. The van der Waals surface area contributed by atoms with Gasteiger partial charge in [0.15, 0.2) is 0 Å². The van der Waals surface area contributed by atoms with Crippen molar-refractivity contribution in [2.75, 3.05) is 23.7 Å². The molecule has 1 aliphatic heterocycles. The van der Waals surface area contributed by atoms with E-state index in [4.69, 9.17) is 23.1 Å². The fourth-order valence-corrected chi connectivity index (χ4v) is 6.02. The molecule has 0 unspecified atom stereocenters. The molecule has 5 rings (SSSR count). The van der Waals surface area contributed by atoms with Gasteiger partial charge in [-0.3, -0.25) is 9.36 Å². The fourth-order valence-electron chi connectivity index (χ4n) is 4.93. The summed E-state index contributed by atoms with van der Waals surface area (Å²) in [5.74, 6) is 6.47. The molecule has 2 aromatic heterocycles. The minimum Gasteiger partial charge on any atom is -0.506 e. The van der Waals surface area contributed by atoms with Crippen LogP contribution in [0.2, 0.25) is 5.02 Å². The van der Waals surface area contributed by atoms with Crippen molar-refractivity contribution in [3.8, 4) is 17.6 Å². The average Bonchev–Trinajstić information content (AvgIpc) is 3.37. The van der Waals surface area contributed by atoms with E-state index in [0.29, 0.717) is 12.4 Å². The summed E-state index contributed by atoms with van der Waals surface area (Å²) in [6.45, 7) is 1.49. The molecule has 1 aliphatic carbocycles. The van der Waals surface area contributed by atoms with Crippen molar-refractivity contribution in [1.29, 1.82) is 0 Å². The Morgan fingerprint density at radius 2 is 2.12 bits per heavy atom. The Balaban J connectivity index is 1.33. The smallest absolute Gasteiger partial charge is 0.272 e. The Hall–Kier alpha value is -3.06. The minimum atomic E-state index is -0.279. The van der Waals surface area contributed by atoms with Gasteiger partial charge in [-0.15, -0.1) is 11.3 Å². The molecule has 2 aliphatic rings. The van der Waals surface area contributed by atoms with Gasteiger partial charge in [0.05, 0.1) is 22.3 Å². The van der Waals surface area contributed by atoms with E-state index >= 15 is 0 Å². The van der Waals surface area contributed by atoms with Gasteiger partial charge in [0.2, 0.25) is 5.95 Å². The summed E-state index contributed by atoms with van der Waals surface area (Å²) < 4.78 is 1.51. The molecule has 5 N–H and O–H groups in total. The molecule has 3 heterocycles. The zero-order chi connectivity index (χ0) is 24.0. The Bertz CT molecular complexity index is 1380. The van der Waals surface area contributed by atoms with Crippen molar-refractivity contribution >= 4 is 34.7 Å². The van der Waals surface area contributed by atoms with Crippen LogP contribution in [0.25, 0.3) is 0 Å². The van der Waals surface area contributed by atoms with Crippen LogP contribution in [0.1, 0.15) is 40.6 Å². The molecule has 0 amide bonds. The van der Waals surface area contributed by atoms with Crippen molar-refractivity contribution in [2.24, 2.45) is 18.2 Å². The van der Waals surface area contributed by atoms with Crippen LogP contribution < -0.4 is 21.9 Å². The lowest BCUT2D eigenvalue weighted by Crippen LogP contribution is -2.46. The zero-order valence-electron chi connectivity index (χ0n) is 18.7. The topological polar surface area (TPSA) is 123 Å². The lowest BCUT2D eigenvalue weighted by molar-refractivity contribution is 0.185. The maximum Gasteiger partial charge on any atom is 0.272 e. The summed E-state index contributed by atoms with van der Waals surface area (Å²) in [5.41, 5.74) is 16.4. The van der Waals surface area contributed by atoms with Gasteiger partial charge < -0.3 is 21.5 Å². The molecule has 0 bridgehead atoms. The Morgan fingerprint density at radius 3 is 2.82 bits per heavy atom. The molecule has 3 aromatic rings. The van der Waals surface area contributed by atoms with Crippen LogP contribution in [0.5, 0.6) is 5.75 Å². The van der Waals surface area contributed by atoms with Crippen LogP contribution in [-0.4, -0.2) is 32.7 Å². The quantitative estimate of drug-likeness (QED) is 0.466. The predicted molar refractivity (Wildman–Crippen MR) is 134 cm³/mol. The van der Waals surface area contributed by atoms with E-state index in [2.05, 4.69) is 26.7 Å². The number of hydrogen-bond donors (Lipinski definition) is 3. The highest BCUT2D eigenvalue weighted by atomic mass is 35.5. The number of phenols is 1. The standard InChI is InChI=1S/C24H25ClN6O2S/c1-30-22(33)15(4-2-3-14-5-6-16(25)17(32)11-14)21(27)29-23(30)31-9-7-24(8-10-31)12-18-19(20(24)26)28-13-34-18/h5-6,11,13,20,32H,3,7-10,12,26-27H2,1H3/t20-/m1/s1. The Morgan fingerprint density at radius 1 is 1.35 bits per heavy atom. The number of anilines is 2. The van der Waals surface area contributed by atoms with Crippen molar-refractivity contribution in [3.05, 3.63) is 60.8 Å². The van der Waals surface area contributed by atoms with E-state index in [1.54, 1.807) is 36.6 Å². The first-order valence-electron chi connectivity index (χ1n) is 11.0. The van der Waals surface area contributed by atoms with Crippen molar-refractivity contribution in [2.45, 2.75) is 31.7 Å². The summed E-state index contributed by atoms with van der Waals surface area (Å²) in [5, 5.41) is 10.0. The Kier molecular flexibility index (Phi) is 5.76. The molecule has 176 valence electrons. The molecule has 8 nitrogen and oxygen atoms in total. The highest BCUT2D eigenvalue weighted by Crippen LogP contribution is 2.51. The molecule has 0 radical (unpaired) electrons. The summed E-state index contributed by atoms with van der Waals surface area (Å²) in [4.78, 5) is 25.5. The number of aromatic nitrogens is 3. The zero-order valence-corrected chi connectivity index (χ0v) is 20.3. The lowest BCUT2D eigenvalue weighted by atomic mass is 9.74. The molecular weight excluding hydrogens is 472 g/mol. The molecule has 1 atom stereocenters. The van der Waals surface area contributed by atoms with Crippen LogP contribution in [-0.2, 0) is 19.9 Å². The maximum atomic E-state index is 13.0. The monoisotopic (exact) mass is 496 g/mol. The number of hydrogen-bond acceptors (Lipinski definition) is 8. The van der Waals surface area contributed by atoms with E-state index in [0.717, 1.165) is 43.6 Å². The molecule has 10 heteroatoms. The van der Waals surface area contributed by atoms with Crippen molar-refractivity contribution in [3.63, 3.8) is 0 Å². The van der Waals surface area contributed by atoms with Crippen LogP contribution in [0.4, 0.5) is 11.8 Å². The molecule has 1 fully saturated rings. The van der Waals surface area contributed by atoms with Gasteiger partial charge in [-0.2, -0.15) is 4.98 Å². The highest BCUT2D eigenvalue weighted by molar-refractivity contribution is 7.09. The van der Waals surface area contributed by atoms with E-state index in [9.17, 15) is 9.90 Å². The second kappa shape index (κ2) is 8.62. The van der Waals surface area contributed by atoms with E-state index in [1.807, 2.05) is 5.51 Å². The number of benzene rings is 1. The normalized spacial score (nSPS) is 18.6. The van der Waals surface area contributed by atoms with Gasteiger partial charge in [-0.25, -0.2) is 4.98 Å². The molecule has 0 saturated carbocycles. The van der Waals surface area contributed by atoms with Crippen LogP contribution in [0.15, 0.2) is 28.5 Å². The fraction of sp³-hybridized carbons (Fsp3) is 0.375. The van der Waals surface area contributed by atoms with Crippen molar-refractivity contribution in [1.82, 2.24) is 14.5 Å². The second-order valence-electron chi connectivity index (χ2n) is 8.97. The van der Waals surface area contributed by atoms with Crippen LogP contribution in [0.3, 0.4) is 0 Å². The van der Waals surface area contributed by atoms with Crippen molar-refractivity contribution < 1.29 is 5.11 Å². The van der Waals surface area contributed by atoms with E-state index < -0.39 is 0 Å². The number of fused-ring (bicyclic) bond motifs is 1. The number of aromatic hydroxyl groups is 1. The number of nitrogens with zero attached hydrogens (tertiary/aromatic N) is 4. The van der Waals surface area contributed by atoms with E-state index in [1.165, 1.54) is 9.44 Å². The number of rotatable bonds is 2. The summed E-state index contributed by atoms with van der Waals surface area (Å²) in [6, 6.07) is 4.88.